The summed E-state index contributed by atoms with van der Waals surface area (Å²) in [6, 6.07) is 0.570. The fourth-order valence-corrected chi connectivity index (χ4v) is 3.63. The van der Waals surface area contributed by atoms with Gasteiger partial charge in [0.1, 0.15) is 5.76 Å². The molecule has 0 spiro atoms. The zero-order valence-corrected chi connectivity index (χ0v) is 14.8. The molecule has 0 amide bonds. The molecule has 2 aromatic heterocycles. The molecule has 1 aliphatic heterocycles. The number of halogens is 3. The smallest absolute Gasteiger partial charge is 0.361 e. The second kappa shape index (κ2) is 7.10. The molecule has 0 radical (unpaired) electrons. The topological polar surface area (TPSA) is 64.2 Å². The lowest BCUT2D eigenvalue weighted by Gasteiger charge is -2.32. The summed E-state index contributed by atoms with van der Waals surface area (Å²) in [5.74, 6) is 1.79. The molecule has 2 fully saturated rings. The molecule has 1 aliphatic carbocycles. The van der Waals surface area contributed by atoms with E-state index in [1.165, 1.54) is 17.4 Å². The van der Waals surface area contributed by atoms with Crippen LogP contribution in [0.2, 0.25) is 0 Å². The second-order valence-electron chi connectivity index (χ2n) is 7.47. The molecule has 6 nitrogen and oxygen atoms in total. The molecule has 27 heavy (non-hydrogen) atoms. The van der Waals surface area contributed by atoms with Gasteiger partial charge >= 0.3 is 6.18 Å². The number of nitrogens with zero attached hydrogens (tertiary/aromatic N) is 4. The third-order valence-electron chi connectivity index (χ3n) is 5.35. The molecule has 9 heteroatoms. The van der Waals surface area contributed by atoms with Crippen molar-refractivity contribution in [2.24, 2.45) is 5.92 Å². The number of likely N-dealkylation sites (tertiary alicyclic amines) is 1. The summed E-state index contributed by atoms with van der Waals surface area (Å²) in [4.78, 5) is 17.7. The average Bonchev–Trinajstić information content (AvgIpc) is 3.37. The zero-order chi connectivity index (χ0) is 19.0. The van der Waals surface area contributed by atoms with Crippen LogP contribution in [0, 0.1) is 5.92 Å². The van der Waals surface area contributed by atoms with Crippen LogP contribution in [0.4, 0.5) is 13.2 Å². The maximum absolute atomic E-state index is 12.6. The van der Waals surface area contributed by atoms with Gasteiger partial charge in [-0.05, 0) is 44.7 Å². The maximum Gasteiger partial charge on any atom is 0.433 e. The van der Waals surface area contributed by atoms with Crippen molar-refractivity contribution in [3.8, 4) is 0 Å². The number of alkyl halides is 3. The highest BCUT2D eigenvalue weighted by molar-refractivity contribution is 5.21. The highest BCUT2D eigenvalue weighted by Crippen LogP contribution is 2.42. The van der Waals surface area contributed by atoms with Crippen LogP contribution in [0.3, 0.4) is 0 Å². The Morgan fingerprint density at radius 1 is 1.19 bits per heavy atom. The Hall–Kier alpha value is -2.16. The van der Waals surface area contributed by atoms with Crippen LogP contribution in [-0.4, -0.2) is 32.7 Å². The lowest BCUT2D eigenvalue weighted by Crippen LogP contribution is -2.36. The van der Waals surface area contributed by atoms with Crippen LogP contribution in [0.25, 0.3) is 0 Å². The summed E-state index contributed by atoms with van der Waals surface area (Å²) in [6.07, 6.45) is 2.32. The van der Waals surface area contributed by atoms with E-state index < -0.39 is 17.4 Å². The van der Waals surface area contributed by atoms with E-state index in [1.54, 1.807) is 6.20 Å². The minimum Gasteiger partial charge on any atom is -0.361 e. The van der Waals surface area contributed by atoms with E-state index >= 15 is 0 Å². The van der Waals surface area contributed by atoms with Gasteiger partial charge in [-0.25, -0.2) is 4.98 Å². The molecule has 0 aromatic carbocycles. The van der Waals surface area contributed by atoms with Crippen molar-refractivity contribution in [3.63, 3.8) is 0 Å². The first-order chi connectivity index (χ1) is 12.9. The monoisotopic (exact) mass is 382 g/mol. The second-order valence-corrected chi connectivity index (χ2v) is 7.47. The highest BCUT2D eigenvalue weighted by atomic mass is 19.4. The van der Waals surface area contributed by atoms with Crippen LogP contribution in [0.1, 0.15) is 48.6 Å². The third kappa shape index (κ3) is 4.23. The van der Waals surface area contributed by atoms with Gasteiger partial charge in [-0.1, -0.05) is 5.16 Å². The molecule has 1 saturated heterocycles. The molecule has 0 atom stereocenters. The third-order valence-corrected chi connectivity index (χ3v) is 5.35. The van der Waals surface area contributed by atoms with Crippen molar-refractivity contribution >= 4 is 0 Å². The first-order valence-electron chi connectivity index (χ1n) is 9.19. The lowest BCUT2D eigenvalue weighted by atomic mass is 9.96. The van der Waals surface area contributed by atoms with Gasteiger partial charge < -0.3 is 4.52 Å². The van der Waals surface area contributed by atoms with E-state index in [4.69, 9.17) is 4.52 Å². The van der Waals surface area contributed by atoms with Crippen LogP contribution in [0.15, 0.2) is 27.9 Å². The quantitative estimate of drug-likeness (QED) is 0.795. The van der Waals surface area contributed by atoms with Crippen molar-refractivity contribution in [3.05, 3.63) is 46.0 Å². The van der Waals surface area contributed by atoms with E-state index in [-0.39, 0.29) is 5.92 Å². The van der Waals surface area contributed by atoms with Gasteiger partial charge in [-0.15, -0.1) is 0 Å². The Kier molecular flexibility index (Phi) is 4.79. The maximum atomic E-state index is 12.6. The highest BCUT2D eigenvalue weighted by Gasteiger charge is 2.33. The zero-order valence-electron chi connectivity index (χ0n) is 14.8. The molecule has 0 N–H and O–H groups in total. The van der Waals surface area contributed by atoms with Crippen LogP contribution < -0.4 is 5.56 Å². The molecule has 4 rings (SSSR count). The van der Waals surface area contributed by atoms with Gasteiger partial charge in [0.25, 0.3) is 5.56 Å². The number of hydrogen-bond donors (Lipinski definition) is 0. The predicted molar refractivity (Wildman–Crippen MR) is 90.0 cm³/mol. The van der Waals surface area contributed by atoms with Crippen LogP contribution >= 0.6 is 0 Å². The number of rotatable bonds is 5. The number of aromatic nitrogens is 3. The molecule has 146 valence electrons. The Bertz CT molecular complexity index is 849. The van der Waals surface area contributed by atoms with Crippen molar-refractivity contribution in [1.29, 1.82) is 0 Å². The van der Waals surface area contributed by atoms with Crippen LogP contribution in [-0.2, 0) is 19.3 Å². The van der Waals surface area contributed by atoms with Crippen molar-refractivity contribution in [2.75, 3.05) is 13.1 Å². The van der Waals surface area contributed by atoms with Crippen molar-refractivity contribution in [2.45, 2.75) is 50.9 Å². The van der Waals surface area contributed by atoms with Gasteiger partial charge in [-0.3, -0.25) is 14.3 Å². The Morgan fingerprint density at radius 2 is 1.93 bits per heavy atom. The average molecular weight is 382 g/mol. The molecular formula is C18H21F3N4O2. The standard InChI is InChI=1S/C18H21F3N4O2/c19-18(20,21)15-7-16(26)25(11-22-15)9-12-3-5-24(6-4-12)10-14-8-23-27-17(14)13-1-2-13/h7-8,11-13H,1-6,9-10H2. The minimum atomic E-state index is -4.59. The van der Waals surface area contributed by atoms with E-state index in [1.807, 2.05) is 0 Å². The van der Waals surface area contributed by atoms with Crippen molar-refractivity contribution < 1.29 is 17.7 Å². The Labute approximate surface area is 154 Å². The van der Waals surface area contributed by atoms with Crippen molar-refractivity contribution in [1.82, 2.24) is 19.6 Å². The lowest BCUT2D eigenvalue weighted by molar-refractivity contribution is -0.141. The number of hydrogen-bond acceptors (Lipinski definition) is 5. The molecular weight excluding hydrogens is 361 g/mol. The molecule has 0 bridgehead atoms. The minimum absolute atomic E-state index is 0.253. The summed E-state index contributed by atoms with van der Waals surface area (Å²) < 4.78 is 44.5. The fourth-order valence-electron chi connectivity index (χ4n) is 3.63. The molecule has 0 unspecified atom stereocenters. The molecule has 3 heterocycles. The molecule has 2 aliphatic rings. The normalized spacial score (nSPS) is 19.5. The van der Waals surface area contributed by atoms with Gasteiger partial charge in [-0.2, -0.15) is 13.2 Å². The van der Waals surface area contributed by atoms with E-state index in [9.17, 15) is 18.0 Å². The van der Waals surface area contributed by atoms with E-state index in [0.29, 0.717) is 18.5 Å². The Balaban J connectivity index is 1.32. The van der Waals surface area contributed by atoms with Crippen LogP contribution in [0.5, 0.6) is 0 Å². The fraction of sp³-hybridized carbons (Fsp3) is 0.611. The summed E-state index contributed by atoms with van der Waals surface area (Å²) in [5, 5.41) is 3.93. The van der Waals surface area contributed by atoms with Gasteiger partial charge in [0.15, 0.2) is 5.69 Å². The van der Waals surface area contributed by atoms with E-state index in [0.717, 1.165) is 50.1 Å². The largest absolute Gasteiger partial charge is 0.433 e. The molecule has 2 aromatic rings. The Morgan fingerprint density at radius 3 is 2.56 bits per heavy atom. The summed E-state index contributed by atoms with van der Waals surface area (Å²) in [7, 11) is 0. The number of piperidine rings is 1. The first-order valence-corrected chi connectivity index (χ1v) is 9.19. The first kappa shape index (κ1) is 18.2. The van der Waals surface area contributed by atoms with E-state index in [2.05, 4.69) is 15.0 Å². The SMILES string of the molecule is O=c1cc(C(F)(F)F)ncn1CC1CCN(Cc2cnoc2C2CC2)CC1. The predicted octanol–water partition coefficient (Wildman–Crippen LogP) is 3.04. The van der Waals surface area contributed by atoms with Gasteiger partial charge in [0, 0.05) is 30.6 Å². The van der Waals surface area contributed by atoms with Gasteiger partial charge in [0.05, 0.1) is 12.5 Å². The summed E-state index contributed by atoms with van der Waals surface area (Å²) in [5.41, 5.74) is -0.642. The summed E-state index contributed by atoms with van der Waals surface area (Å²) in [6.45, 7) is 2.97. The van der Waals surface area contributed by atoms with Gasteiger partial charge in [0.2, 0.25) is 0 Å². The molecule has 1 saturated carbocycles. The summed E-state index contributed by atoms with van der Waals surface area (Å²) >= 11 is 0.